The van der Waals surface area contributed by atoms with Crippen LogP contribution in [-0.2, 0) is 11.2 Å². The quantitative estimate of drug-likeness (QED) is 0.686. The van der Waals surface area contributed by atoms with E-state index >= 15 is 0 Å². The Morgan fingerprint density at radius 2 is 1.43 bits per heavy atom. The van der Waals surface area contributed by atoms with Gasteiger partial charge in [0.2, 0.25) is 5.91 Å². The average Bonchev–Trinajstić information content (AvgIpc) is 2.77. The normalized spacial score (nSPS) is 14.6. The van der Waals surface area contributed by atoms with Crippen LogP contribution in [0.25, 0.3) is 0 Å². The maximum absolute atomic E-state index is 12.7. The van der Waals surface area contributed by atoms with Gasteiger partial charge in [-0.15, -0.1) is 0 Å². The molecule has 148 valence electrons. The molecule has 1 amide bonds. The van der Waals surface area contributed by atoms with Crippen molar-refractivity contribution in [2.24, 2.45) is 5.92 Å². The number of hydrogen-bond donors (Lipinski definition) is 0. The number of ketones is 1. The van der Waals surface area contributed by atoms with E-state index in [0.29, 0.717) is 31.5 Å². The van der Waals surface area contributed by atoms with Crippen molar-refractivity contribution in [3.63, 3.8) is 0 Å². The van der Waals surface area contributed by atoms with Crippen LogP contribution in [0.3, 0.4) is 0 Å². The lowest BCUT2D eigenvalue weighted by Crippen LogP contribution is -2.40. The second-order valence-electron chi connectivity index (χ2n) is 7.10. The SMILES string of the molecule is COc1ccc(CCC(=O)N2CCC(C(=O)c3ccc(OC)cc3)CC2)cc1. The molecule has 0 aliphatic carbocycles. The zero-order valence-corrected chi connectivity index (χ0v) is 16.5. The lowest BCUT2D eigenvalue weighted by atomic mass is 9.88. The van der Waals surface area contributed by atoms with Gasteiger partial charge in [-0.3, -0.25) is 9.59 Å². The maximum Gasteiger partial charge on any atom is 0.222 e. The van der Waals surface area contributed by atoms with Crippen molar-refractivity contribution in [1.82, 2.24) is 4.90 Å². The second-order valence-corrected chi connectivity index (χ2v) is 7.10. The molecule has 3 rings (SSSR count). The Balaban J connectivity index is 1.47. The minimum absolute atomic E-state index is 0.0148. The molecular weight excluding hydrogens is 354 g/mol. The van der Waals surface area contributed by atoms with Crippen molar-refractivity contribution in [1.29, 1.82) is 0 Å². The van der Waals surface area contributed by atoms with Gasteiger partial charge in [-0.25, -0.2) is 0 Å². The van der Waals surface area contributed by atoms with E-state index in [-0.39, 0.29) is 17.6 Å². The minimum atomic E-state index is -0.0148. The highest BCUT2D eigenvalue weighted by Crippen LogP contribution is 2.24. The monoisotopic (exact) mass is 381 g/mol. The Kier molecular flexibility index (Phi) is 6.69. The van der Waals surface area contributed by atoms with Gasteiger partial charge in [0, 0.05) is 31.0 Å². The van der Waals surface area contributed by atoms with E-state index in [0.717, 1.165) is 29.9 Å². The summed E-state index contributed by atoms with van der Waals surface area (Å²) in [6, 6.07) is 15.1. The summed E-state index contributed by atoms with van der Waals surface area (Å²) < 4.78 is 10.3. The summed E-state index contributed by atoms with van der Waals surface area (Å²) in [4.78, 5) is 27.1. The van der Waals surface area contributed by atoms with Crippen LogP contribution in [0.1, 0.15) is 35.2 Å². The fourth-order valence-electron chi connectivity index (χ4n) is 3.58. The molecular formula is C23H27NO4. The number of hydrogen-bond acceptors (Lipinski definition) is 4. The molecule has 0 spiro atoms. The van der Waals surface area contributed by atoms with Gasteiger partial charge < -0.3 is 14.4 Å². The molecule has 0 radical (unpaired) electrons. The summed E-state index contributed by atoms with van der Waals surface area (Å²) in [5.41, 5.74) is 1.84. The third kappa shape index (κ3) is 4.91. The first-order valence-corrected chi connectivity index (χ1v) is 9.69. The molecule has 2 aromatic rings. The minimum Gasteiger partial charge on any atom is -0.497 e. The molecule has 1 aliphatic heterocycles. The van der Waals surface area contributed by atoms with Crippen LogP contribution in [-0.4, -0.2) is 43.9 Å². The van der Waals surface area contributed by atoms with Crippen molar-refractivity contribution in [3.8, 4) is 11.5 Å². The molecule has 28 heavy (non-hydrogen) atoms. The van der Waals surface area contributed by atoms with Crippen LogP contribution >= 0.6 is 0 Å². The van der Waals surface area contributed by atoms with Gasteiger partial charge in [-0.1, -0.05) is 12.1 Å². The fraction of sp³-hybridized carbons (Fsp3) is 0.391. The molecule has 0 bridgehead atoms. The number of nitrogens with zero attached hydrogens (tertiary/aromatic N) is 1. The van der Waals surface area contributed by atoms with Crippen molar-refractivity contribution in [3.05, 3.63) is 59.7 Å². The summed E-state index contributed by atoms with van der Waals surface area (Å²) in [6.07, 6.45) is 2.65. The number of Topliss-reactive ketones (excluding diaryl/α,β-unsaturated/α-hetero) is 1. The van der Waals surface area contributed by atoms with Gasteiger partial charge >= 0.3 is 0 Å². The molecule has 1 aliphatic rings. The summed E-state index contributed by atoms with van der Waals surface area (Å²) in [6.45, 7) is 1.29. The molecule has 5 heteroatoms. The molecule has 0 unspecified atom stereocenters. The van der Waals surface area contributed by atoms with E-state index in [9.17, 15) is 9.59 Å². The predicted octanol–water partition coefficient (Wildman–Crippen LogP) is 3.76. The molecule has 0 aromatic heterocycles. The summed E-state index contributed by atoms with van der Waals surface area (Å²) in [5.74, 6) is 1.87. The van der Waals surface area contributed by atoms with Gasteiger partial charge in [0.15, 0.2) is 5.78 Å². The Bertz CT molecular complexity index is 790. The van der Waals surface area contributed by atoms with E-state index in [4.69, 9.17) is 9.47 Å². The standard InChI is InChI=1S/C23H27NO4/c1-27-20-8-3-17(4-9-20)5-12-22(25)24-15-13-19(14-16-24)23(26)18-6-10-21(28-2)11-7-18/h3-4,6-11,19H,5,12-16H2,1-2H3. The van der Waals surface area contributed by atoms with E-state index in [1.54, 1.807) is 14.2 Å². The smallest absolute Gasteiger partial charge is 0.222 e. The highest BCUT2D eigenvalue weighted by atomic mass is 16.5. The number of carbonyl (C=O) groups excluding carboxylic acids is 2. The van der Waals surface area contributed by atoms with Crippen LogP contribution in [0.2, 0.25) is 0 Å². The molecule has 0 saturated carbocycles. The van der Waals surface area contributed by atoms with Crippen molar-refractivity contribution in [2.75, 3.05) is 27.3 Å². The number of aryl methyl sites for hydroxylation is 1. The van der Waals surface area contributed by atoms with Crippen molar-refractivity contribution < 1.29 is 19.1 Å². The first-order chi connectivity index (χ1) is 13.6. The summed E-state index contributed by atoms with van der Waals surface area (Å²) in [7, 11) is 3.25. The lowest BCUT2D eigenvalue weighted by molar-refractivity contribution is -0.132. The Morgan fingerprint density at radius 3 is 1.96 bits per heavy atom. The van der Waals surface area contributed by atoms with Crippen LogP contribution in [0, 0.1) is 5.92 Å². The van der Waals surface area contributed by atoms with Gasteiger partial charge in [0.05, 0.1) is 14.2 Å². The van der Waals surface area contributed by atoms with E-state index in [1.165, 1.54) is 0 Å². The number of methoxy groups -OCH3 is 2. The molecule has 2 aromatic carbocycles. The number of ether oxygens (including phenoxy) is 2. The average molecular weight is 381 g/mol. The van der Waals surface area contributed by atoms with Crippen LogP contribution in [0.5, 0.6) is 11.5 Å². The van der Waals surface area contributed by atoms with E-state index < -0.39 is 0 Å². The molecule has 0 atom stereocenters. The number of rotatable bonds is 7. The number of carbonyl (C=O) groups is 2. The second kappa shape index (κ2) is 9.40. The maximum atomic E-state index is 12.7. The zero-order valence-electron chi connectivity index (χ0n) is 16.5. The first-order valence-electron chi connectivity index (χ1n) is 9.69. The molecule has 1 fully saturated rings. The summed E-state index contributed by atoms with van der Waals surface area (Å²) in [5, 5.41) is 0. The number of piperidine rings is 1. The molecule has 1 saturated heterocycles. The third-order valence-electron chi connectivity index (χ3n) is 5.38. The highest BCUT2D eigenvalue weighted by Gasteiger charge is 2.27. The van der Waals surface area contributed by atoms with Crippen LogP contribution in [0.15, 0.2) is 48.5 Å². The Hall–Kier alpha value is -2.82. The molecule has 5 nitrogen and oxygen atoms in total. The topological polar surface area (TPSA) is 55.8 Å². The largest absolute Gasteiger partial charge is 0.497 e. The van der Waals surface area contributed by atoms with Crippen LogP contribution in [0.4, 0.5) is 0 Å². The number of amides is 1. The van der Waals surface area contributed by atoms with Crippen LogP contribution < -0.4 is 9.47 Å². The zero-order chi connectivity index (χ0) is 19.9. The van der Waals surface area contributed by atoms with Crippen molar-refractivity contribution >= 4 is 11.7 Å². The van der Waals surface area contributed by atoms with E-state index in [2.05, 4.69) is 0 Å². The number of benzene rings is 2. The fourth-order valence-corrected chi connectivity index (χ4v) is 3.58. The third-order valence-corrected chi connectivity index (χ3v) is 5.38. The lowest BCUT2D eigenvalue weighted by Gasteiger charge is -2.31. The van der Waals surface area contributed by atoms with Gasteiger partial charge in [0.1, 0.15) is 11.5 Å². The summed E-state index contributed by atoms with van der Waals surface area (Å²) >= 11 is 0. The van der Waals surface area contributed by atoms with Gasteiger partial charge in [-0.2, -0.15) is 0 Å². The highest BCUT2D eigenvalue weighted by molar-refractivity contribution is 5.98. The predicted molar refractivity (Wildman–Crippen MR) is 108 cm³/mol. The van der Waals surface area contributed by atoms with Crippen molar-refractivity contribution in [2.45, 2.75) is 25.7 Å². The Labute approximate surface area is 166 Å². The number of likely N-dealkylation sites (tertiary alicyclic amines) is 1. The van der Waals surface area contributed by atoms with Gasteiger partial charge in [0.25, 0.3) is 0 Å². The molecule has 0 N–H and O–H groups in total. The van der Waals surface area contributed by atoms with Gasteiger partial charge in [-0.05, 0) is 61.2 Å². The molecule has 1 heterocycles. The van der Waals surface area contributed by atoms with E-state index in [1.807, 2.05) is 53.4 Å². The Morgan fingerprint density at radius 1 is 0.893 bits per heavy atom. The first kappa shape index (κ1) is 19.9.